The van der Waals surface area contributed by atoms with Crippen molar-refractivity contribution < 1.29 is 18.0 Å². The number of likely N-dealkylation sites (tertiary alicyclic amines) is 1. The van der Waals surface area contributed by atoms with Gasteiger partial charge in [0.05, 0.1) is 23.7 Å². The van der Waals surface area contributed by atoms with Gasteiger partial charge in [0, 0.05) is 49.2 Å². The fraction of sp³-hybridized carbons (Fsp3) is 0.364. The van der Waals surface area contributed by atoms with Crippen LogP contribution in [0.4, 0.5) is 19.1 Å². The van der Waals surface area contributed by atoms with Crippen molar-refractivity contribution in [1.29, 1.82) is 0 Å². The summed E-state index contributed by atoms with van der Waals surface area (Å²) in [6.07, 6.45) is 4.71. The van der Waals surface area contributed by atoms with E-state index >= 15 is 0 Å². The lowest BCUT2D eigenvalue weighted by Crippen LogP contribution is -2.35. The number of rotatable bonds is 5. The first-order chi connectivity index (χ1) is 15.9. The van der Waals surface area contributed by atoms with Crippen LogP contribution in [-0.2, 0) is 0 Å². The summed E-state index contributed by atoms with van der Waals surface area (Å²) in [5.74, 6) is 0.111. The van der Waals surface area contributed by atoms with E-state index in [1.165, 1.54) is 0 Å². The quantitative estimate of drug-likeness (QED) is 0.467. The Morgan fingerprint density at radius 1 is 1.18 bits per heavy atom. The molecule has 1 aliphatic heterocycles. The molecule has 1 amide bonds. The maximum atomic E-state index is 13.0. The third-order valence-corrected chi connectivity index (χ3v) is 5.83. The van der Waals surface area contributed by atoms with Crippen molar-refractivity contribution in [3.63, 3.8) is 0 Å². The molecule has 172 valence electrons. The van der Waals surface area contributed by atoms with E-state index in [2.05, 4.69) is 25.4 Å². The predicted octanol–water partition coefficient (Wildman–Crippen LogP) is 4.26. The molecular weight excluding hydrogens is 435 g/mol. The molecule has 1 aliphatic rings. The van der Waals surface area contributed by atoms with Crippen molar-refractivity contribution in [3.05, 3.63) is 42.5 Å². The van der Waals surface area contributed by atoms with E-state index in [-0.39, 0.29) is 18.4 Å². The number of amides is 1. The molecule has 0 atom stereocenters. The van der Waals surface area contributed by atoms with E-state index in [0.717, 1.165) is 48.9 Å². The van der Waals surface area contributed by atoms with Crippen LogP contribution in [-0.4, -0.2) is 61.2 Å². The molecule has 0 bridgehead atoms. The van der Waals surface area contributed by atoms with Crippen molar-refractivity contribution >= 4 is 28.4 Å². The van der Waals surface area contributed by atoms with Crippen LogP contribution in [0.25, 0.3) is 27.7 Å². The molecule has 33 heavy (non-hydrogen) atoms. The number of aromatic amines is 1. The zero-order valence-corrected chi connectivity index (χ0v) is 17.7. The lowest BCUT2D eigenvalue weighted by atomic mass is 10.1. The molecule has 4 aromatic heterocycles. The lowest BCUT2D eigenvalue weighted by molar-refractivity contribution is -0.131. The second kappa shape index (κ2) is 8.38. The minimum Gasteiger partial charge on any atom is -0.354 e. The largest absolute Gasteiger partial charge is 0.390 e. The van der Waals surface area contributed by atoms with Gasteiger partial charge in [-0.1, -0.05) is 0 Å². The highest BCUT2D eigenvalue weighted by atomic mass is 19.4. The number of anilines is 1. The molecule has 11 heteroatoms. The number of carbonyl (C=O) groups excluding carboxylic acids is 1. The van der Waals surface area contributed by atoms with Gasteiger partial charge in [-0.15, -0.1) is 0 Å². The summed E-state index contributed by atoms with van der Waals surface area (Å²) in [7, 11) is 0. The highest BCUT2D eigenvalue weighted by Gasteiger charge is 2.26. The van der Waals surface area contributed by atoms with E-state index in [4.69, 9.17) is 0 Å². The van der Waals surface area contributed by atoms with Gasteiger partial charge in [-0.3, -0.25) is 4.79 Å². The SMILES string of the molecule is O=C(c1cnn2ccc(-c3c[nH]c4nc(NCCC(F)(F)F)ncc34)cc12)N1CCCCC1. The zero-order chi connectivity index (χ0) is 23.0. The molecule has 0 saturated carbocycles. The molecule has 2 N–H and O–H groups in total. The van der Waals surface area contributed by atoms with Crippen LogP contribution in [0.3, 0.4) is 0 Å². The molecular formula is C22H22F3N7O. The molecule has 1 saturated heterocycles. The average Bonchev–Trinajstić information content (AvgIpc) is 3.42. The average molecular weight is 457 g/mol. The number of piperidine rings is 1. The molecule has 1 fully saturated rings. The first-order valence-corrected chi connectivity index (χ1v) is 10.8. The standard InChI is InChI=1S/C22H22F3N7O/c23-22(24,25)5-6-26-21-28-12-16-15(11-27-19(16)30-21)14-4-9-32-18(10-14)17(13-29-32)20(33)31-7-2-1-3-8-31/h4,9-13H,1-3,5-8H2,(H2,26,27,28,30). The Labute approximate surface area is 186 Å². The van der Waals surface area contributed by atoms with Gasteiger partial charge in [0.25, 0.3) is 5.91 Å². The summed E-state index contributed by atoms with van der Waals surface area (Å²) < 4.78 is 38.7. The minimum absolute atomic E-state index is 0.0151. The molecule has 5 heterocycles. The number of aromatic nitrogens is 5. The lowest BCUT2D eigenvalue weighted by Gasteiger charge is -2.26. The number of nitrogens with zero attached hydrogens (tertiary/aromatic N) is 5. The Hall–Kier alpha value is -3.63. The number of H-pyrrole nitrogens is 1. The summed E-state index contributed by atoms with van der Waals surface area (Å²) in [5, 5.41) is 7.65. The Balaban J connectivity index is 1.42. The Bertz CT molecular complexity index is 1300. The number of hydrogen-bond acceptors (Lipinski definition) is 5. The van der Waals surface area contributed by atoms with Gasteiger partial charge in [-0.05, 0) is 37.0 Å². The van der Waals surface area contributed by atoms with Crippen molar-refractivity contribution in [2.75, 3.05) is 25.0 Å². The van der Waals surface area contributed by atoms with Gasteiger partial charge in [-0.25, -0.2) is 9.50 Å². The number of fused-ring (bicyclic) bond motifs is 2. The normalized spacial score (nSPS) is 14.8. The topological polar surface area (TPSA) is 91.2 Å². The molecule has 8 nitrogen and oxygen atoms in total. The maximum Gasteiger partial charge on any atom is 0.390 e. The van der Waals surface area contributed by atoms with Crippen LogP contribution >= 0.6 is 0 Å². The Morgan fingerprint density at radius 3 is 2.79 bits per heavy atom. The van der Waals surface area contributed by atoms with Crippen LogP contribution in [0.2, 0.25) is 0 Å². The highest BCUT2D eigenvalue weighted by Crippen LogP contribution is 2.30. The van der Waals surface area contributed by atoms with E-state index in [1.807, 2.05) is 17.0 Å². The molecule has 0 spiro atoms. The number of alkyl halides is 3. The highest BCUT2D eigenvalue weighted by molar-refractivity contribution is 6.02. The summed E-state index contributed by atoms with van der Waals surface area (Å²) in [5.41, 5.74) is 3.46. The van der Waals surface area contributed by atoms with Crippen molar-refractivity contribution in [3.8, 4) is 11.1 Å². The molecule has 0 radical (unpaired) electrons. The number of nitrogens with one attached hydrogen (secondary N) is 2. The number of halogens is 3. The van der Waals surface area contributed by atoms with Crippen molar-refractivity contribution in [2.24, 2.45) is 0 Å². The first-order valence-electron chi connectivity index (χ1n) is 10.8. The minimum atomic E-state index is -4.24. The van der Waals surface area contributed by atoms with Crippen LogP contribution in [0.5, 0.6) is 0 Å². The van der Waals surface area contributed by atoms with Crippen LogP contribution < -0.4 is 5.32 Å². The summed E-state index contributed by atoms with van der Waals surface area (Å²) in [6.45, 7) is 1.22. The number of pyridine rings is 1. The van der Waals surface area contributed by atoms with Crippen LogP contribution in [0.15, 0.2) is 36.9 Å². The van der Waals surface area contributed by atoms with Crippen molar-refractivity contribution in [2.45, 2.75) is 31.9 Å². The Morgan fingerprint density at radius 2 is 2.00 bits per heavy atom. The monoisotopic (exact) mass is 457 g/mol. The summed E-state index contributed by atoms with van der Waals surface area (Å²) in [4.78, 5) is 26.4. The second-order valence-corrected chi connectivity index (χ2v) is 8.11. The molecule has 5 rings (SSSR count). The fourth-order valence-corrected chi connectivity index (χ4v) is 4.13. The second-order valence-electron chi connectivity index (χ2n) is 8.11. The van der Waals surface area contributed by atoms with Gasteiger partial charge < -0.3 is 15.2 Å². The summed E-state index contributed by atoms with van der Waals surface area (Å²) >= 11 is 0. The van der Waals surface area contributed by atoms with Gasteiger partial charge in [-0.2, -0.15) is 23.3 Å². The molecule has 4 aromatic rings. The maximum absolute atomic E-state index is 13.0. The third kappa shape index (κ3) is 4.35. The van der Waals surface area contributed by atoms with Gasteiger partial charge in [0.15, 0.2) is 0 Å². The van der Waals surface area contributed by atoms with E-state index in [1.54, 1.807) is 29.3 Å². The number of carbonyl (C=O) groups is 1. The van der Waals surface area contributed by atoms with Gasteiger partial charge >= 0.3 is 6.18 Å². The molecule has 0 aromatic carbocycles. The first kappa shape index (κ1) is 21.2. The predicted molar refractivity (Wildman–Crippen MR) is 117 cm³/mol. The van der Waals surface area contributed by atoms with Crippen LogP contribution in [0.1, 0.15) is 36.0 Å². The number of hydrogen-bond donors (Lipinski definition) is 2. The smallest absolute Gasteiger partial charge is 0.354 e. The fourth-order valence-electron chi connectivity index (χ4n) is 4.13. The van der Waals surface area contributed by atoms with Crippen molar-refractivity contribution in [1.82, 2.24) is 29.5 Å². The van der Waals surface area contributed by atoms with E-state index in [9.17, 15) is 18.0 Å². The summed E-state index contributed by atoms with van der Waals surface area (Å²) in [6, 6.07) is 3.79. The Kier molecular flexibility index (Phi) is 5.39. The molecule has 0 unspecified atom stereocenters. The molecule has 0 aliphatic carbocycles. The third-order valence-electron chi connectivity index (χ3n) is 5.83. The zero-order valence-electron chi connectivity index (χ0n) is 17.7. The van der Waals surface area contributed by atoms with Gasteiger partial charge in [0.2, 0.25) is 5.95 Å². The van der Waals surface area contributed by atoms with Crippen LogP contribution in [0, 0.1) is 0 Å². The van der Waals surface area contributed by atoms with Gasteiger partial charge in [0.1, 0.15) is 5.65 Å². The van der Waals surface area contributed by atoms with E-state index < -0.39 is 12.6 Å². The van der Waals surface area contributed by atoms with E-state index in [0.29, 0.717) is 16.7 Å².